The maximum Gasteiger partial charge on any atom is 0.423 e. The summed E-state index contributed by atoms with van der Waals surface area (Å²) in [4.78, 5) is 9.41. The Bertz CT molecular complexity index is 582. The number of alkyl halides is 3. The van der Waals surface area contributed by atoms with E-state index in [2.05, 4.69) is 0 Å². The van der Waals surface area contributed by atoms with Gasteiger partial charge < -0.3 is 0 Å². The largest absolute Gasteiger partial charge is 0.423 e. The first kappa shape index (κ1) is 13.5. The van der Waals surface area contributed by atoms with E-state index < -0.39 is 39.9 Å². The van der Waals surface area contributed by atoms with Crippen LogP contribution in [-0.4, -0.2) is 4.92 Å². The predicted molar refractivity (Wildman–Crippen MR) is 52.1 cm³/mol. The van der Waals surface area contributed by atoms with Crippen LogP contribution >= 0.6 is 0 Å². The summed E-state index contributed by atoms with van der Waals surface area (Å²) in [6, 6.07) is 4.63. The molecule has 0 fully saturated rings. The van der Waals surface area contributed by atoms with Crippen molar-refractivity contribution in [2.75, 3.05) is 0 Å². The zero-order valence-electron chi connectivity index (χ0n) is 8.65. The summed E-state index contributed by atoms with van der Waals surface area (Å²) >= 11 is 0. The first-order valence-corrected chi connectivity index (χ1v) is 4.47. The van der Waals surface area contributed by atoms with Crippen LogP contribution in [0.5, 0.6) is 0 Å². The molecule has 1 aromatic rings. The number of nitro benzene ring substituents is 1. The summed E-state index contributed by atoms with van der Waals surface area (Å²) in [5.74, 6) is 0. The van der Waals surface area contributed by atoms with Crippen LogP contribution in [0, 0.1) is 32.8 Å². The first-order chi connectivity index (χ1) is 8.32. The van der Waals surface area contributed by atoms with E-state index in [1.807, 2.05) is 0 Å². The van der Waals surface area contributed by atoms with E-state index in [9.17, 15) is 23.3 Å². The van der Waals surface area contributed by atoms with E-state index in [0.29, 0.717) is 0 Å². The SMILES string of the molecule is N#CCc1ccc(C#N)c([N+](=O)[O-])c1C(F)(F)F. The summed E-state index contributed by atoms with van der Waals surface area (Å²) in [6.07, 6.45) is -5.62. The van der Waals surface area contributed by atoms with Crippen LogP contribution in [0.15, 0.2) is 12.1 Å². The average Bonchev–Trinajstić information content (AvgIpc) is 2.27. The van der Waals surface area contributed by atoms with Crippen LogP contribution in [0.1, 0.15) is 16.7 Å². The maximum absolute atomic E-state index is 12.8. The molecule has 0 saturated carbocycles. The van der Waals surface area contributed by atoms with E-state index in [-0.39, 0.29) is 0 Å². The fraction of sp³-hybridized carbons (Fsp3) is 0.200. The van der Waals surface area contributed by atoms with E-state index in [1.54, 1.807) is 0 Å². The molecule has 0 bridgehead atoms. The lowest BCUT2D eigenvalue weighted by atomic mass is 9.99. The van der Waals surface area contributed by atoms with Gasteiger partial charge in [-0.15, -0.1) is 0 Å². The molecule has 0 N–H and O–H groups in total. The van der Waals surface area contributed by atoms with Gasteiger partial charge in [0.25, 0.3) is 5.69 Å². The lowest BCUT2D eigenvalue weighted by molar-refractivity contribution is -0.388. The molecule has 0 aliphatic carbocycles. The molecule has 18 heavy (non-hydrogen) atoms. The van der Waals surface area contributed by atoms with Gasteiger partial charge in [-0.25, -0.2) is 0 Å². The molecule has 0 heterocycles. The van der Waals surface area contributed by atoms with Crippen LogP contribution in [0.25, 0.3) is 0 Å². The van der Waals surface area contributed by atoms with Crippen molar-refractivity contribution < 1.29 is 18.1 Å². The second-order valence-electron chi connectivity index (χ2n) is 3.20. The zero-order valence-corrected chi connectivity index (χ0v) is 8.65. The fourth-order valence-corrected chi connectivity index (χ4v) is 1.46. The Hall–Kier alpha value is -2.61. The van der Waals surface area contributed by atoms with Gasteiger partial charge in [0.05, 0.1) is 17.4 Å². The lowest BCUT2D eigenvalue weighted by Gasteiger charge is -2.11. The van der Waals surface area contributed by atoms with Gasteiger partial charge in [-0.1, -0.05) is 6.07 Å². The number of nitro groups is 1. The Balaban J connectivity index is 3.74. The number of hydrogen-bond acceptors (Lipinski definition) is 4. The Kier molecular flexibility index (Phi) is 3.53. The number of hydrogen-bond donors (Lipinski definition) is 0. The van der Waals surface area contributed by atoms with Crippen LogP contribution in [0.2, 0.25) is 0 Å². The minimum absolute atomic E-state index is 0.518. The van der Waals surface area contributed by atoms with E-state index >= 15 is 0 Å². The van der Waals surface area contributed by atoms with E-state index in [0.717, 1.165) is 12.1 Å². The number of benzene rings is 1. The number of rotatable bonds is 2. The van der Waals surface area contributed by atoms with Crippen molar-refractivity contribution in [1.82, 2.24) is 0 Å². The summed E-state index contributed by atoms with van der Waals surface area (Å²) < 4.78 is 38.4. The Labute approximate surface area is 98.8 Å². The lowest BCUT2D eigenvalue weighted by Crippen LogP contribution is -2.13. The third-order valence-corrected chi connectivity index (χ3v) is 2.12. The molecule has 0 amide bonds. The van der Waals surface area contributed by atoms with Gasteiger partial charge in [-0.3, -0.25) is 10.1 Å². The van der Waals surface area contributed by atoms with Gasteiger partial charge >= 0.3 is 6.18 Å². The van der Waals surface area contributed by atoms with E-state index in [1.165, 1.54) is 12.1 Å². The minimum atomic E-state index is -5.00. The van der Waals surface area contributed by atoms with Crippen LogP contribution in [0.4, 0.5) is 18.9 Å². The standard InChI is InChI=1S/C10H4F3N3O2/c11-10(12,13)8-6(3-4-14)1-2-7(5-15)9(8)16(17)18/h1-2H,3H2. The van der Waals surface area contributed by atoms with Gasteiger partial charge in [0, 0.05) is 0 Å². The van der Waals surface area contributed by atoms with Crippen molar-refractivity contribution >= 4 is 5.69 Å². The topological polar surface area (TPSA) is 90.7 Å². The van der Waals surface area contributed by atoms with Crippen molar-refractivity contribution in [2.45, 2.75) is 12.6 Å². The molecular weight excluding hydrogens is 251 g/mol. The molecule has 5 nitrogen and oxygen atoms in total. The molecule has 8 heteroatoms. The van der Waals surface area contributed by atoms with Crippen molar-refractivity contribution in [3.8, 4) is 12.1 Å². The zero-order chi connectivity index (χ0) is 13.9. The highest BCUT2D eigenvalue weighted by atomic mass is 19.4. The highest BCUT2D eigenvalue weighted by molar-refractivity contribution is 5.58. The molecule has 0 aliphatic heterocycles. The second kappa shape index (κ2) is 4.72. The summed E-state index contributed by atoms with van der Waals surface area (Å²) in [5.41, 5.74) is -4.05. The van der Waals surface area contributed by atoms with Crippen LogP contribution < -0.4 is 0 Å². The second-order valence-corrected chi connectivity index (χ2v) is 3.20. The van der Waals surface area contributed by atoms with Crippen LogP contribution in [0.3, 0.4) is 0 Å². The van der Waals surface area contributed by atoms with Crippen molar-refractivity contribution in [2.24, 2.45) is 0 Å². The van der Waals surface area contributed by atoms with Crippen molar-refractivity contribution in [3.05, 3.63) is 38.9 Å². The molecule has 0 aromatic heterocycles. The van der Waals surface area contributed by atoms with Gasteiger partial charge in [0.1, 0.15) is 17.2 Å². The van der Waals surface area contributed by atoms with Crippen molar-refractivity contribution in [1.29, 1.82) is 10.5 Å². The molecule has 92 valence electrons. The minimum Gasteiger partial charge on any atom is -0.258 e. The highest BCUT2D eigenvalue weighted by Crippen LogP contribution is 2.40. The Morgan fingerprint density at radius 3 is 2.33 bits per heavy atom. The summed E-state index contributed by atoms with van der Waals surface area (Å²) in [5, 5.41) is 27.7. The Morgan fingerprint density at radius 1 is 1.33 bits per heavy atom. The quantitative estimate of drug-likeness (QED) is 0.599. The molecule has 1 aromatic carbocycles. The smallest absolute Gasteiger partial charge is 0.258 e. The molecule has 0 radical (unpaired) electrons. The van der Waals surface area contributed by atoms with Gasteiger partial charge in [-0.05, 0) is 11.6 Å². The summed E-state index contributed by atoms with van der Waals surface area (Å²) in [7, 11) is 0. The molecule has 0 unspecified atom stereocenters. The van der Waals surface area contributed by atoms with Gasteiger partial charge in [-0.2, -0.15) is 23.7 Å². The molecule has 1 rings (SSSR count). The number of nitriles is 2. The first-order valence-electron chi connectivity index (χ1n) is 4.47. The average molecular weight is 255 g/mol. The number of nitrogens with zero attached hydrogens (tertiary/aromatic N) is 3. The third kappa shape index (κ3) is 2.38. The van der Waals surface area contributed by atoms with E-state index in [4.69, 9.17) is 10.5 Å². The molecule has 0 aliphatic rings. The fourth-order valence-electron chi connectivity index (χ4n) is 1.46. The molecular formula is C10H4F3N3O2. The molecule has 0 atom stereocenters. The summed E-state index contributed by atoms with van der Waals surface area (Å²) in [6.45, 7) is 0. The van der Waals surface area contributed by atoms with Crippen LogP contribution in [-0.2, 0) is 12.6 Å². The monoisotopic (exact) mass is 255 g/mol. The predicted octanol–water partition coefficient (Wildman–Crippen LogP) is 2.55. The Morgan fingerprint density at radius 2 is 1.94 bits per heavy atom. The highest BCUT2D eigenvalue weighted by Gasteiger charge is 2.42. The number of halogens is 3. The maximum atomic E-state index is 12.8. The third-order valence-electron chi connectivity index (χ3n) is 2.12. The molecule has 0 saturated heterocycles. The van der Waals surface area contributed by atoms with Crippen molar-refractivity contribution in [3.63, 3.8) is 0 Å². The molecule has 0 spiro atoms. The van der Waals surface area contributed by atoms with Gasteiger partial charge in [0.2, 0.25) is 0 Å². The normalized spacial score (nSPS) is 10.5. The van der Waals surface area contributed by atoms with Gasteiger partial charge in [0.15, 0.2) is 0 Å².